The number of carbonyl (C=O) groups excluding carboxylic acids is 1. The van der Waals surface area contributed by atoms with Crippen LogP contribution in [-0.2, 0) is 0 Å². The van der Waals surface area contributed by atoms with Crippen molar-refractivity contribution in [3.05, 3.63) is 34.4 Å². The standard InChI is InChI=1S/C16H23NO/c1-11-8-12(2)16(13(3)9-11)15(18)10-17-14-6-4-5-7-14/h8-9,14,17H,4-7,10H2,1-3H3. The van der Waals surface area contributed by atoms with Crippen molar-refractivity contribution in [1.29, 1.82) is 0 Å². The van der Waals surface area contributed by atoms with Crippen molar-refractivity contribution < 1.29 is 4.79 Å². The van der Waals surface area contributed by atoms with E-state index in [9.17, 15) is 4.79 Å². The molecular formula is C16H23NO. The first-order valence-electron chi connectivity index (χ1n) is 6.92. The Kier molecular flexibility index (Phi) is 4.18. The van der Waals surface area contributed by atoms with Gasteiger partial charge in [-0.25, -0.2) is 0 Å². The van der Waals surface area contributed by atoms with Gasteiger partial charge in [-0.3, -0.25) is 4.79 Å². The lowest BCUT2D eigenvalue weighted by Gasteiger charge is -2.14. The lowest BCUT2D eigenvalue weighted by molar-refractivity contribution is 0.0986. The lowest BCUT2D eigenvalue weighted by Crippen LogP contribution is -2.32. The minimum Gasteiger partial charge on any atom is -0.307 e. The Bertz CT molecular complexity index is 421. The number of hydrogen-bond donors (Lipinski definition) is 1. The molecule has 1 aliphatic carbocycles. The molecule has 0 heterocycles. The van der Waals surface area contributed by atoms with Gasteiger partial charge in [0.05, 0.1) is 6.54 Å². The van der Waals surface area contributed by atoms with Gasteiger partial charge in [-0.2, -0.15) is 0 Å². The highest BCUT2D eigenvalue weighted by Gasteiger charge is 2.17. The van der Waals surface area contributed by atoms with Gasteiger partial charge in [-0.15, -0.1) is 0 Å². The summed E-state index contributed by atoms with van der Waals surface area (Å²) in [5, 5.41) is 3.40. The maximum atomic E-state index is 12.3. The zero-order valence-corrected chi connectivity index (χ0v) is 11.7. The molecule has 2 rings (SSSR count). The Morgan fingerprint density at radius 3 is 2.28 bits per heavy atom. The predicted molar refractivity (Wildman–Crippen MR) is 75.2 cm³/mol. The molecule has 0 aliphatic heterocycles. The smallest absolute Gasteiger partial charge is 0.177 e. The first-order valence-corrected chi connectivity index (χ1v) is 6.92. The van der Waals surface area contributed by atoms with E-state index in [-0.39, 0.29) is 5.78 Å². The quantitative estimate of drug-likeness (QED) is 0.824. The van der Waals surface area contributed by atoms with Gasteiger partial charge in [0.2, 0.25) is 0 Å². The largest absolute Gasteiger partial charge is 0.307 e. The average molecular weight is 245 g/mol. The highest BCUT2D eigenvalue weighted by Crippen LogP contribution is 2.19. The summed E-state index contributed by atoms with van der Waals surface area (Å²) in [6.45, 7) is 6.62. The molecule has 0 radical (unpaired) electrons. The van der Waals surface area contributed by atoms with Crippen LogP contribution in [0.1, 0.15) is 52.7 Å². The van der Waals surface area contributed by atoms with Crippen LogP contribution in [0.4, 0.5) is 0 Å². The number of carbonyl (C=O) groups is 1. The molecule has 1 aliphatic rings. The number of ketones is 1. The normalized spacial score (nSPS) is 16.2. The molecule has 0 unspecified atom stereocenters. The van der Waals surface area contributed by atoms with Gasteiger partial charge in [-0.05, 0) is 44.7 Å². The molecule has 0 amide bonds. The highest BCUT2D eigenvalue weighted by molar-refractivity contribution is 6.00. The van der Waals surface area contributed by atoms with Crippen LogP contribution in [0, 0.1) is 20.8 Å². The van der Waals surface area contributed by atoms with E-state index in [2.05, 4.69) is 24.4 Å². The summed E-state index contributed by atoms with van der Waals surface area (Å²) < 4.78 is 0. The fourth-order valence-electron chi connectivity index (χ4n) is 3.08. The fourth-order valence-corrected chi connectivity index (χ4v) is 3.08. The van der Waals surface area contributed by atoms with Crippen LogP contribution < -0.4 is 5.32 Å². The molecule has 18 heavy (non-hydrogen) atoms. The minimum atomic E-state index is 0.233. The summed E-state index contributed by atoms with van der Waals surface area (Å²) in [7, 11) is 0. The van der Waals surface area contributed by atoms with Gasteiger partial charge >= 0.3 is 0 Å². The molecule has 0 spiro atoms. The molecule has 1 N–H and O–H groups in total. The second-order valence-corrected chi connectivity index (χ2v) is 5.56. The third-order valence-electron chi connectivity index (χ3n) is 3.86. The van der Waals surface area contributed by atoms with E-state index in [1.807, 2.05) is 13.8 Å². The molecule has 1 saturated carbocycles. The first kappa shape index (κ1) is 13.3. The first-order chi connectivity index (χ1) is 8.58. The second-order valence-electron chi connectivity index (χ2n) is 5.56. The molecule has 0 aromatic heterocycles. The monoisotopic (exact) mass is 245 g/mol. The number of hydrogen-bond acceptors (Lipinski definition) is 2. The van der Waals surface area contributed by atoms with E-state index in [0.717, 1.165) is 16.7 Å². The Labute approximate surface area is 110 Å². The van der Waals surface area contributed by atoms with Crippen LogP contribution >= 0.6 is 0 Å². The van der Waals surface area contributed by atoms with Crippen molar-refractivity contribution >= 4 is 5.78 Å². The van der Waals surface area contributed by atoms with Crippen LogP contribution in [-0.4, -0.2) is 18.4 Å². The summed E-state index contributed by atoms with van der Waals surface area (Å²) in [4.78, 5) is 12.3. The molecule has 0 atom stereocenters. The molecule has 1 fully saturated rings. The van der Waals surface area contributed by atoms with Crippen molar-refractivity contribution in [1.82, 2.24) is 5.32 Å². The molecule has 1 aromatic carbocycles. The van der Waals surface area contributed by atoms with E-state index < -0.39 is 0 Å². The zero-order valence-electron chi connectivity index (χ0n) is 11.7. The fraction of sp³-hybridized carbons (Fsp3) is 0.562. The molecule has 0 saturated heterocycles. The number of Topliss-reactive ketones (excluding diaryl/α,β-unsaturated/α-hetero) is 1. The van der Waals surface area contributed by atoms with E-state index >= 15 is 0 Å². The Morgan fingerprint density at radius 2 is 1.72 bits per heavy atom. The molecule has 0 bridgehead atoms. The second kappa shape index (κ2) is 5.66. The predicted octanol–water partition coefficient (Wildman–Crippen LogP) is 3.33. The van der Waals surface area contributed by atoms with Crippen LogP contribution in [0.25, 0.3) is 0 Å². The van der Waals surface area contributed by atoms with Crippen molar-refractivity contribution in [3.8, 4) is 0 Å². The highest BCUT2D eigenvalue weighted by atomic mass is 16.1. The van der Waals surface area contributed by atoms with Crippen LogP contribution in [0.2, 0.25) is 0 Å². The summed E-state index contributed by atoms with van der Waals surface area (Å²) in [6, 6.07) is 4.74. The van der Waals surface area contributed by atoms with Crippen molar-refractivity contribution in [3.63, 3.8) is 0 Å². The van der Waals surface area contributed by atoms with Crippen molar-refractivity contribution in [2.75, 3.05) is 6.54 Å². The Morgan fingerprint density at radius 1 is 1.17 bits per heavy atom. The number of rotatable bonds is 4. The summed E-state index contributed by atoms with van der Waals surface area (Å²) >= 11 is 0. The minimum absolute atomic E-state index is 0.233. The van der Waals surface area contributed by atoms with Gasteiger partial charge in [0, 0.05) is 11.6 Å². The topological polar surface area (TPSA) is 29.1 Å². The number of benzene rings is 1. The van der Waals surface area contributed by atoms with E-state index in [1.165, 1.54) is 31.2 Å². The summed E-state index contributed by atoms with van der Waals surface area (Å²) in [6.07, 6.45) is 5.04. The number of aryl methyl sites for hydroxylation is 3. The third kappa shape index (κ3) is 2.99. The average Bonchev–Trinajstić information content (AvgIpc) is 2.77. The third-order valence-corrected chi connectivity index (χ3v) is 3.86. The van der Waals surface area contributed by atoms with Crippen LogP contribution in [0.15, 0.2) is 12.1 Å². The van der Waals surface area contributed by atoms with E-state index in [4.69, 9.17) is 0 Å². The summed E-state index contributed by atoms with van der Waals surface area (Å²) in [5.74, 6) is 0.233. The van der Waals surface area contributed by atoms with Gasteiger partial charge in [0.1, 0.15) is 0 Å². The Balaban J connectivity index is 2.04. The number of nitrogens with one attached hydrogen (secondary N) is 1. The molecule has 2 nitrogen and oxygen atoms in total. The van der Waals surface area contributed by atoms with E-state index in [0.29, 0.717) is 12.6 Å². The SMILES string of the molecule is Cc1cc(C)c(C(=O)CNC2CCCC2)c(C)c1. The maximum Gasteiger partial charge on any atom is 0.177 e. The van der Waals surface area contributed by atoms with Gasteiger partial charge in [0.15, 0.2) is 5.78 Å². The molecule has 2 heteroatoms. The molecular weight excluding hydrogens is 222 g/mol. The Hall–Kier alpha value is -1.15. The maximum absolute atomic E-state index is 12.3. The van der Waals surface area contributed by atoms with Crippen LogP contribution in [0.3, 0.4) is 0 Å². The van der Waals surface area contributed by atoms with Crippen molar-refractivity contribution in [2.45, 2.75) is 52.5 Å². The van der Waals surface area contributed by atoms with Gasteiger partial charge in [0.25, 0.3) is 0 Å². The van der Waals surface area contributed by atoms with Gasteiger partial charge in [-0.1, -0.05) is 30.5 Å². The lowest BCUT2D eigenvalue weighted by atomic mass is 9.96. The van der Waals surface area contributed by atoms with Crippen molar-refractivity contribution in [2.24, 2.45) is 0 Å². The zero-order chi connectivity index (χ0) is 13.1. The summed E-state index contributed by atoms with van der Waals surface area (Å²) in [5.41, 5.74) is 4.34. The van der Waals surface area contributed by atoms with Gasteiger partial charge < -0.3 is 5.32 Å². The van der Waals surface area contributed by atoms with E-state index in [1.54, 1.807) is 0 Å². The molecule has 1 aromatic rings. The van der Waals surface area contributed by atoms with Crippen LogP contribution in [0.5, 0.6) is 0 Å². The molecule has 98 valence electrons.